The third-order valence-corrected chi connectivity index (χ3v) is 4.38. The highest BCUT2D eigenvalue weighted by Crippen LogP contribution is 2.29. The predicted octanol–water partition coefficient (Wildman–Crippen LogP) is 3.20. The molecule has 0 aliphatic carbocycles. The molecule has 1 amide bonds. The molecule has 1 aliphatic rings. The van der Waals surface area contributed by atoms with Gasteiger partial charge in [0.2, 0.25) is 0 Å². The summed E-state index contributed by atoms with van der Waals surface area (Å²) in [5.41, 5.74) is 0.548. The van der Waals surface area contributed by atoms with Crippen molar-refractivity contribution in [1.29, 1.82) is 0 Å². The molecule has 112 valence electrons. The van der Waals surface area contributed by atoms with E-state index in [0.29, 0.717) is 17.3 Å². The second kappa shape index (κ2) is 5.04. The van der Waals surface area contributed by atoms with Crippen molar-refractivity contribution in [3.8, 4) is 0 Å². The van der Waals surface area contributed by atoms with Crippen LogP contribution in [0.2, 0.25) is 5.02 Å². The number of fused-ring (bicyclic) bond motifs is 1. The lowest BCUT2D eigenvalue weighted by atomic mass is 9.96. The Morgan fingerprint density at radius 3 is 2.90 bits per heavy atom. The molecule has 21 heavy (non-hydrogen) atoms. The number of amides is 1. The van der Waals surface area contributed by atoms with E-state index >= 15 is 0 Å². The van der Waals surface area contributed by atoms with E-state index in [0.717, 1.165) is 23.7 Å². The van der Waals surface area contributed by atoms with Crippen LogP contribution in [0, 0.1) is 0 Å². The number of carbonyl (C=O) groups is 1. The van der Waals surface area contributed by atoms with Gasteiger partial charge in [0, 0.05) is 22.5 Å². The van der Waals surface area contributed by atoms with Crippen molar-refractivity contribution in [3.05, 3.63) is 35.0 Å². The van der Waals surface area contributed by atoms with Crippen LogP contribution < -0.4 is 0 Å². The molecule has 3 rings (SSSR count). The third-order valence-electron chi connectivity index (χ3n) is 4.14. The molecule has 5 heteroatoms. The van der Waals surface area contributed by atoms with Crippen LogP contribution in [0.3, 0.4) is 0 Å². The van der Waals surface area contributed by atoms with E-state index in [4.69, 9.17) is 11.6 Å². The van der Waals surface area contributed by atoms with Gasteiger partial charge in [-0.2, -0.15) is 0 Å². The second-order valence-electron chi connectivity index (χ2n) is 6.22. The van der Waals surface area contributed by atoms with Crippen molar-refractivity contribution in [2.75, 3.05) is 6.54 Å². The first-order valence-corrected chi connectivity index (χ1v) is 7.56. The number of likely N-dealkylation sites (tertiary alicyclic amines) is 1. The van der Waals surface area contributed by atoms with Gasteiger partial charge in [-0.1, -0.05) is 11.6 Å². The molecule has 1 aliphatic heterocycles. The standard InChI is InChI=1S/C16H19ClN2O2/c1-16(2,21)14-4-3-7-19(14)15(20)13-9-10-8-11(17)5-6-12(10)18-13/h5-6,8-9,14,18,21H,3-4,7H2,1-2H3. The quantitative estimate of drug-likeness (QED) is 0.895. The molecule has 1 atom stereocenters. The fourth-order valence-corrected chi connectivity index (χ4v) is 3.30. The van der Waals surface area contributed by atoms with Gasteiger partial charge >= 0.3 is 0 Å². The van der Waals surface area contributed by atoms with E-state index in [1.165, 1.54) is 0 Å². The maximum Gasteiger partial charge on any atom is 0.270 e. The number of H-pyrrole nitrogens is 1. The molecule has 2 heterocycles. The van der Waals surface area contributed by atoms with Crippen LogP contribution >= 0.6 is 11.6 Å². The number of carbonyl (C=O) groups excluding carboxylic acids is 1. The van der Waals surface area contributed by atoms with Crippen LogP contribution in [0.5, 0.6) is 0 Å². The molecule has 1 aromatic carbocycles. The smallest absolute Gasteiger partial charge is 0.270 e. The van der Waals surface area contributed by atoms with Crippen LogP contribution in [-0.2, 0) is 0 Å². The van der Waals surface area contributed by atoms with Gasteiger partial charge in [-0.05, 0) is 51.0 Å². The summed E-state index contributed by atoms with van der Waals surface area (Å²) in [5, 5.41) is 11.8. The summed E-state index contributed by atoms with van der Waals surface area (Å²) in [5.74, 6) is -0.0630. The molecule has 1 aromatic heterocycles. The number of aromatic amines is 1. The first kappa shape index (κ1) is 14.4. The Labute approximate surface area is 128 Å². The highest BCUT2D eigenvalue weighted by atomic mass is 35.5. The van der Waals surface area contributed by atoms with Gasteiger partial charge < -0.3 is 15.0 Å². The van der Waals surface area contributed by atoms with Crippen molar-refractivity contribution in [1.82, 2.24) is 9.88 Å². The number of rotatable bonds is 2. The lowest BCUT2D eigenvalue weighted by molar-refractivity contribution is 0.000157. The lowest BCUT2D eigenvalue weighted by Crippen LogP contribution is -2.48. The molecule has 0 bridgehead atoms. The predicted molar refractivity (Wildman–Crippen MR) is 83.7 cm³/mol. The largest absolute Gasteiger partial charge is 0.388 e. The van der Waals surface area contributed by atoms with Crippen LogP contribution in [0.4, 0.5) is 0 Å². The fourth-order valence-electron chi connectivity index (χ4n) is 3.12. The van der Waals surface area contributed by atoms with Crippen LogP contribution in [0.15, 0.2) is 24.3 Å². The number of hydrogen-bond acceptors (Lipinski definition) is 2. The first-order chi connectivity index (χ1) is 9.86. The van der Waals surface area contributed by atoms with E-state index in [9.17, 15) is 9.90 Å². The summed E-state index contributed by atoms with van der Waals surface area (Å²) < 4.78 is 0. The molecular formula is C16H19ClN2O2. The van der Waals surface area contributed by atoms with Gasteiger partial charge in [-0.25, -0.2) is 0 Å². The van der Waals surface area contributed by atoms with Crippen LogP contribution in [0.25, 0.3) is 10.9 Å². The van der Waals surface area contributed by atoms with Gasteiger partial charge in [-0.3, -0.25) is 4.79 Å². The lowest BCUT2D eigenvalue weighted by Gasteiger charge is -2.33. The summed E-state index contributed by atoms with van der Waals surface area (Å²) in [6.07, 6.45) is 1.76. The Morgan fingerprint density at radius 2 is 2.19 bits per heavy atom. The minimum atomic E-state index is -0.887. The Hall–Kier alpha value is -1.52. The second-order valence-corrected chi connectivity index (χ2v) is 6.66. The molecule has 0 saturated carbocycles. The molecule has 4 nitrogen and oxygen atoms in total. The SMILES string of the molecule is CC(C)(O)C1CCCN1C(=O)c1cc2cc(Cl)ccc2[nH]1. The van der Waals surface area contributed by atoms with Gasteiger partial charge in [0.15, 0.2) is 0 Å². The van der Waals surface area contributed by atoms with E-state index in [2.05, 4.69) is 4.98 Å². The maximum absolute atomic E-state index is 12.7. The van der Waals surface area contributed by atoms with Crippen molar-refractivity contribution in [2.45, 2.75) is 38.3 Å². The average molecular weight is 307 g/mol. The topological polar surface area (TPSA) is 56.3 Å². The number of nitrogens with one attached hydrogen (secondary N) is 1. The Bertz CT molecular complexity index is 687. The summed E-state index contributed by atoms with van der Waals surface area (Å²) >= 11 is 5.98. The zero-order chi connectivity index (χ0) is 15.2. The van der Waals surface area contributed by atoms with Crippen molar-refractivity contribution < 1.29 is 9.90 Å². The summed E-state index contributed by atoms with van der Waals surface area (Å²) in [6.45, 7) is 4.20. The molecule has 2 aromatic rings. The molecule has 1 saturated heterocycles. The Kier molecular flexibility index (Phi) is 3.46. The van der Waals surface area contributed by atoms with Crippen LogP contribution in [-0.4, -0.2) is 39.1 Å². The highest BCUT2D eigenvalue weighted by molar-refractivity contribution is 6.31. The van der Waals surface area contributed by atoms with Crippen molar-refractivity contribution >= 4 is 28.4 Å². The van der Waals surface area contributed by atoms with E-state index in [1.807, 2.05) is 18.2 Å². The highest BCUT2D eigenvalue weighted by Gasteiger charge is 2.39. The number of aliphatic hydroxyl groups is 1. The first-order valence-electron chi connectivity index (χ1n) is 7.18. The van der Waals surface area contributed by atoms with Gasteiger partial charge in [0.1, 0.15) is 5.69 Å². The number of benzene rings is 1. The summed E-state index contributed by atoms with van der Waals surface area (Å²) in [4.78, 5) is 17.6. The van der Waals surface area contributed by atoms with E-state index in [-0.39, 0.29) is 11.9 Å². The third kappa shape index (κ3) is 2.65. The molecule has 2 N–H and O–H groups in total. The number of hydrogen-bond donors (Lipinski definition) is 2. The molecular weight excluding hydrogens is 288 g/mol. The molecule has 0 radical (unpaired) electrons. The van der Waals surface area contributed by atoms with Crippen LogP contribution in [0.1, 0.15) is 37.2 Å². The van der Waals surface area contributed by atoms with Gasteiger partial charge in [-0.15, -0.1) is 0 Å². The molecule has 1 fully saturated rings. The minimum Gasteiger partial charge on any atom is -0.388 e. The fraction of sp³-hybridized carbons (Fsp3) is 0.438. The zero-order valence-corrected chi connectivity index (χ0v) is 12.9. The van der Waals surface area contributed by atoms with Gasteiger partial charge in [0.25, 0.3) is 5.91 Å². The number of nitrogens with zero attached hydrogens (tertiary/aromatic N) is 1. The van der Waals surface area contributed by atoms with E-state index < -0.39 is 5.60 Å². The number of halogens is 1. The average Bonchev–Trinajstić information content (AvgIpc) is 3.02. The molecule has 1 unspecified atom stereocenters. The maximum atomic E-state index is 12.7. The molecule has 0 spiro atoms. The van der Waals surface area contributed by atoms with Crippen molar-refractivity contribution in [2.24, 2.45) is 0 Å². The van der Waals surface area contributed by atoms with Crippen molar-refractivity contribution in [3.63, 3.8) is 0 Å². The Balaban J connectivity index is 1.93. The van der Waals surface area contributed by atoms with Gasteiger partial charge in [0.05, 0.1) is 11.6 Å². The zero-order valence-electron chi connectivity index (χ0n) is 12.2. The summed E-state index contributed by atoms with van der Waals surface area (Å²) in [6, 6.07) is 7.18. The van der Waals surface area contributed by atoms with E-state index in [1.54, 1.807) is 24.8 Å². The Morgan fingerprint density at radius 1 is 1.43 bits per heavy atom. The summed E-state index contributed by atoms with van der Waals surface area (Å²) in [7, 11) is 0. The minimum absolute atomic E-state index is 0.0630. The number of aromatic nitrogens is 1. The monoisotopic (exact) mass is 306 g/mol. The normalized spacial score (nSPS) is 19.4.